The first-order valence-corrected chi connectivity index (χ1v) is 10.3. The maximum atomic E-state index is 13.0. The van der Waals surface area contributed by atoms with Crippen LogP contribution in [0.15, 0.2) is 79.0 Å². The fourth-order valence-corrected chi connectivity index (χ4v) is 3.98. The van der Waals surface area contributed by atoms with Gasteiger partial charge in [0.2, 0.25) is 0 Å². The number of rotatable bonds is 5. The number of hydrogen-bond acceptors (Lipinski definition) is 4. The quantitative estimate of drug-likeness (QED) is 0.696. The zero-order valence-electron chi connectivity index (χ0n) is 17.5. The summed E-state index contributed by atoms with van der Waals surface area (Å²) in [5, 5.41) is 2.72. The van der Waals surface area contributed by atoms with Crippen molar-refractivity contribution in [1.82, 2.24) is 15.2 Å². The van der Waals surface area contributed by atoms with Gasteiger partial charge in [0.25, 0.3) is 11.8 Å². The molecule has 1 saturated heterocycles. The third-order valence-corrected chi connectivity index (χ3v) is 5.52. The number of carbonyl (C=O) groups is 2. The summed E-state index contributed by atoms with van der Waals surface area (Å²) in [5.41, 5.74) is 2.35. The molecule has 0 aliphatic carbocycles. The molecular formula is C25H25N3O3. The Kier molecular flexibility index (Phi) is 6.09. The van der Waals surface area contributed by atoms with E-state index in [0.29, 0.717) is 18.7 Å². The minimum Gasteiger partial charge on any atom is -0.361 e. The summed E-state index contributed by atoms with van der Waals surface area (Å²) in [4.78, 5) is 31.7. The van der Waals surface area contributed by atoms with Gasteiger partial charge >= 0.3 is 0 Å². The van der Waals surface area contributed by atoms with E-state index in [2.05, 4.69) is 28.5 Å². The van der Waals surface area contributed by atoms with Gasteiger partial charge in [-0.05, 0) is 28.8 Å². The molecule has 1 fully saturated rings. The van der Waals surface area contributed by atoms with Crippen molar-refractivity contribution in [2.75, 3.05) is 26.7 Å². The van der Waals surface area contributed by atoms with E-state index < -0.39 is 5.60 Å². The van der Waals surface area contributed by atoms with E-state index in [1.54, 1.807) is 36.3 Å². The van der Waals surface area contributed by atoms with Crippen LogP contribution in [0.1, 0.15) is 16.1 Å². The molecule has 4 rings (SSSR count). The van der Waals surface area contributed by atoms with E-state index in [1.165, 1.54) is 0 Å². The van der Waals surface area contributed by atoms with Gasteiger partial charge in [-0.15, -0.1) is 0 Å². The van der Waals surface area contributed by atoms with Crippen molar-refractivity contribution >= 4 is 11.8 Å². The standard InChI is InChI=1S/C25H25N3O3/c1-26-24(30)25(17-19-8-7-11-21(16-19)20-9-3-2-4-10-20)18-28(14-15-31-25)23(29)22-12-5-6-13-27-22/h2-13,16H,14-15,17-18H2,1H3,(H,26,30)/t25-/m0/s1. The second-order valence-electron chi connectivity index (χ2n) is 7.61. The topological polar surface area (TPSA) is 71.5 Å². The second kappa shape index (κ2) is 9.10. The zero-order chi connectivity index (χ0) is 21.7. The van der Waals surface area contributed by atoms with Crippen molar-refractivity contribution < 1.29 is 14.3 Å². The van der Waals surface area contributed by atoms with Crippen LogP contribution in [-0.2, 0) is 16.0 Å². The molecule has 31 heavy (non-hydrogen) atoms. The van der Waals surface area contributed by atoms with E-state index in [4.69, 9.17) is 4.74 Å². The summed E-state index contributed by atoms with van der Waals surface area (Å²) in [6, 6.07) is 23.4. The summed E-state index contributed by atoms with van der Waals surface area (Å²) in [7, 11) is 1.59. The summed E-state index contributed by atoms with van der Waals surface area (Å²) in [6.45, 7) is 0.861. The Labute approximate surface area is 181 Å². The Hall–Kier alpha value is -3.51. The molecule has 0 radical (unpaired) electrons. The van der Waals surface area contributed by atoms with Crippen molar-refractivity contribution in [2.45, 2.75) is 12.0 Å². The van der Waals surface area contributed by atoms with Crippen LogP contribution in [0.4, 0.5) is 0 Å². The summed E-state index contributed by atoms with van der Waals surface area (Å²) in [6.07, 6.45) is 1.95. The molecule has 1 atom stereocenters. The normalized spacial score (nSPS) is 18.4. The van der Waals surface area contributed by atoms with E-state index in [-0.39, 0.29) is 25.0 Å². The van der Waals surface area contributed by atoms with E-state index in [0.717, 1.165) is 16.7 Å². The highest BCUT2D eigenvalue weighted by Crippen LogP contribution is 2.27. The van der Waals surface area contributed by atoms with Crippen molar-refractivity contribution in [1.29, 1.82) is 0 Å². The third-order valence-electron chi connectivity index (χ3n) is 5.52. The Bertz CT molecular complexity index is 1060. The minimum atomic E-state index is -1.16. The van der Waals surface area contributed by atoms with Crippen LogP contribution in [0.2, 0.25) is 0 Å². The van der Waals surface area contributed by atoms with E-state index >= 15 is 0 Å². The second-order valence-corrected chi connectivity index (χ2v) is 7.61. The molecule has 1 aliphatic rings. The SMILES string of the molecule is CNC(=O)[C@]1(Cc2cccc(-c3ccccc3)c2)CN(C(=O)c2ccccn2)CCO1. The Morgan fingerprint density at radius 3 is 2.55 bits per heavy atom. The maximum Gasteiger partial charge on any atom is 0.272 e. The lowest BCUT2D eigenvalue weighted by molar-refractivity contribution is -0.156. The third kappa shape index (κ3) is 4.49. The van der Waals surface area contributed by atoms with E-state index in [1.807, 2.05) is 36.4 Å². The summed E-state index contributed by atoms with van der Waals surface area (Å²) < 4.78 is 6.06. The number of benzene rings is 2. The molecule has 0 saturated carbocycles. The highest BCUT2D eigenvalue weighted by Gasteiger charge is 2.45. The fourth-order valence-electron chi connectivity index (χ4n) is 3.98. The molecule has 2 amide bonds. The molecular weight excluding hydrogens is 390 g/mol. The molecule has 3 aromatic rings. The molecule has 2 heterocycles. The van der Waals surface area contributed by atoms with Crippen LogP contribution in [0, 0.1) is 0 Å². The van der Waals surface area contributed by atoms with E-state index in [9.17, 15) is 9.59 Å². The van der Waals surface area contributed by atoms with Crippen LogP contribution in [0.5, 0.6) is 0 Å². The predicted molar refractivity (Wildman–Crippen MR) is 118 cm³/mol. The van der Waals surface area contributed by atoms with Gasteiger partial charge in [0.1, 0.15) is 5.69 Å². The lowest BCUT2D eigenvalue weighted by Crippen LogP contribution is -2.61. The number of carbonyl (C=O) groups excluding carboxylic acids is 2. The van der Waals surface area contributed by atoms with Crippen LogP contribution >= 0.6 is 0 Å². The predicted octanol–water partition coefficient (Wildman–Crippen LogP) is 2.95. The number of hydrogen-bond donors (Lipinski definition) is 1. The Balaban J connectivity index is 1.61. The number of pyridine rings is 1. The zero-order valence-corrected chi connectivity index (χ0v) is 17.5. The van der Waals surface area contributed by atoms with Crippen molar-refractivity contribution in [3.63, 3.8) is 0 Å². The largest absolute Gasteiger partial charge is 0.361 e. The van der Waals surface area contributed by atoms with Crippen LogP contribution in [-0.4, -0.2) is 54.0 Å². The number of nitrogens with zero attached hydrogens (tertiary/aromatic N) is 2. The van der Waals surface area contributed by atoms with Gasteiger partial charge in [-0.1, -0.05) is 60.7 Å². The maximum absolute atomic E-state index is 13.0. The first-order chi connectivity index (χ1) is 15.1. The lowest BCUT2D eigenvalue weighted by atomic mass is 9.89. The Morgan fingerprint density at radius 2 is 1.81 bits per heavy atom. The van der Waals surface area contributed by atoms with Gasteiger partial charge in [0.15, 0.2) is 5.60 Å². The Morgan fingerprint density at radius 1 is 1.03 bits per heavy atom. The van der Waals surface area contributed by atoms with Crippen molar-refractivity contribution in [3.8, 4) is 11.1 Å². The summed E-state index contributed by atoms with van der Waals surface area (Å²) in [5.74, 6) is -0.439. The fraction of sp³-hybridized carbons (Fsp3) is 0.240. The highest BCUT2D eigenvalue weighted by molar-refractivity contribution is 5.93. The number of ether oxygens (including phenoxy) is 1. The molecule has 0 spiro atoms. The molecule has 6 nitrogen and oxygen atoms in total. The number of aromatic nitrogens is 1. The van der Waals surface area contributed by atoms with Gasteiger partial charge in [-0.25, -0.2) is 0 Å². The van der Waals surface area contributed by atoms with Gasteiger partial charge < -0.3 is 15.0 Å². The van der Waals surface area contributed by atoms with Gasteiger partial charge in [0, 0.05) is 26.2 Å². The molecule has 1 aromatic heterocycles. The number of morpholine rings is 1. The molecule has 1 aliphatic heterocycles. The van der Waals surface area contributed by atoms with Gasteiger partial charge in [-0.2, -0.15) is 0 Å². The number of amides is 2. The smallest absolute Gasteiger partial charge is 0.272 e. The molecule has 0 bridgehead atoms. The molecule has 0 unspecified atom stereocenters. The summed E-state index contributed by atoms with van der Waals surface area (Å²) >= 11 is 0. The molecule has 1 N–H and O–H groups in total. The molecule has 6 heteroatoms. The molecule has 158 valence electrons. The van der Waals surface area contributed by atoms with Gasteiger partial charge in [0.05, 0.1) is 13.2 Å². The van der Waals surface area contributed by atoms with Crippen LogP contribution in [0.3, 0.4) is 0 Å². The van der Waals surface area contributed by atoms with Crippen LogP contribution < -0.4 is 5.32 Å². The average molecular weight is 415 g/mol. The minimum absolute atomic E-state index is 0.164. The van der Waals surface area contributed by atoms with Crippen molar-refractivity contribution in [2.24, 2.45) is 0 Å². The monoisotopic (exact) mass is 415 g/mol. The number of nitrogens with one attached hydrogen (secondary N) is 1. The first kappa shape index (κ1) is 20.8. The number of likely N-dealkylation sites (N-methyl/N-ethyl adjacent to an activating group) is 1. The average Bonchev–Trinajstić information content (AvgIpc) is 2.84. The lowest BCUT2D eigenvalue weighted by Gasteiger charge is -2.41. The first-order valence-electron chi connectivity index (χ1n) is 10.3. The van der Waals surface area contributed by atoms with Crippen LogP contribution in [0.25, 0.3) is 11.1 Å². The van der Waals surface area contributed by atoms with Crippen molar-refractivity contribution in [3.05, 3.63) is 90.3 Å². The molecule has 2 aromatic carbocycles. The van der Waals surface area contributed by atoms with Gasteiger partial charge in [-0.3, -0.25) is 14.6 Å². The highest BCUT2D eigenvalue weighted by atomic mass is 16.5.